The van der Waals surface area contributed by atoms with Gasteiger partial charge in [0.05, 0.1) is 11.0 Å². The zero-order valence-electron chi connectivity index (χ0n) is 22.2. The summed E-state index contributed by atoms with van der Waals surface area (Å²) in [6, 6.07) is 20.3. The molecule has 0 saturated heterocycles. The van der Waals surface area contributed by atoms with Gasteiger partial charge in [0.15, 0.2) is 0 Å². The number of carbonyl (C=O) groups is 1. The highest BCUT2D eigenvalue weighted by Gasteiger charge is 2.31. The third kappa shape index (κ3) is 8.47. The maximum absolute atomic E-state index is 12.7. The fourth-order valence-electron chi connectivity index (χ4n) is 4.08. The molecule has 0 aliphatic heterocycles. The number of imidazole rings is 1. The average molecular weight is 556 g/mol. The van der Waals surface area contributed by atoms with E-state index >= 15 is 0 Å². The van der Waals surface area contributed by atoms with Crippen LogP contribution in [0.1, 0.15) is 47.9 Å². The van der Waals surface area contributed by atoms with Crippen molar-refractivity contribution in [3.63, 3.8) is 0 Å². The second kappa shape index (κ2) is 13.8. The van der Waals surface area contributed by atoms with Gasteiger partial charge in [-0.1, -0.05) is 43.7 Å². The van der Waals surface area contributed by atoms with Gasteiger partial charge in [0.1, 0.15) is 23.9 Å². The van der Waals surface area contributed by atoms with Crippen LogP contribution in [0.3, 0.4) is 0 Å². The molecule has 0 unspecified atom stereocenters. The monoisotopic (exact) mass is 555 g/mol. The van der Waals surface area contributed by atoms with E-state index in [0.717, 1.165) is 36.9 Å². The molecule has 0 radical (unpaired) electrons. The van der Waals surface area contributed by atoms with E-state index in [9.17, 15) is 18.0 Å². The number of hydrogen-bond donors (Lipinski definition) is 1. The number of nitrogens with zero attached hydrogens (tertiary/aromatic N) is 2. The summed E-state index contributed by atoms with van der Waals surface area (Å²) >= 11 is 0. The van der Waals surface area contributed by atoms with Crippen molar-refractivity contribution in [1.29, 1.82) is 0 Å². The molecule has 40 heavy (non-hydrogen) atoms. The van der Waals surface area contributed by atoms with E-state index < -0.39 is 6.36 Å². The number of para-hydroxylation sites is 1. The van der Waals surface area contributed by atoms with Gasteiger partial charge in [-0.25, -0.2) is 4.98 Å². The first kappa shape index (κ1) is 28.9. The van der Waals surface area contributed by atoms with Crippen LogP contribution in [0.15, 0.2) is 72.8 Å². The Hall–Kier alpha value is -4.05. The molecule has 1 N–H and O–H groups in total. The smallest absolute Gasteiger partial charge is 0.486 e. The van der Waals surface area contributed by atoms with Crippen molar-refractivity contribution in [2.24, 2.45) is 0 Å². The van der Waals surface area contributed by atoms with E-state index in [-0.39, 0.29) is 18.3 Å². The number of aromatic nitrogens is 2. The summed E-state index contributed by atoms with van der Waals surface area (Å²) in [6.45, 7) is 4.43. The molecule has 0 spiro atoms. The number of unbranched alkanes of at least 4 members (excludes halogenated alkanes) is 1. The fourth-order valence-corrected chi connectivity index (χ4v) is 4.08. The molecular weight excluding hydrogens is 523 g/mol. The quantitative estimate of drug-likeness (QED) is 0.180. The number of hydrogen-bond acceptors (Lipinski definition) is 5. The largest absolute Gasteiger partial charge is 0.573 e. The van der Waals surface area contributed by atoms with Crippen LogP contribution in [-0.4, -0.2) is 41.6 Å². The minimum absolute atomic E-state index is 0.160. The molecule has 212 valence electrons. The number of fused-ring (bicyclic) bond motifs is 1. The van der Waals surface area contributed by atoms with Gasteiger partial charge in [0.2, 0.25) is 0 Å². The van der Waals surface area contributed by atoms with E-state index in [2.05, 4.69) is 17.0 Å². The maximum atomic E-state index is 12.7. The van der Waals surface area contributed by atoms with Crippen molar-refractivity contribution in [3.05, 3.63) is 89.7 Å². The molecule has 0 fully saturated rings. The lowest BCUT2D eigenvalue weighted by molar-refractivity contribution is -0.274. The number of alkyl halides is 3. The van der Waals surface area contributed by atoms with Crippen LogP contribution in [-0.2, 0) is 17.9 Å². The molecule has 0 saturated carbocycles. The molecule has 1 aromatic heterocycles. The summed E-state index contributed by atoms with van der Waals surface area (Å²) in [7, 11) is 0. The molecule has 4 aromatic rings. The van der Waals surface area contributed by atoms with E-state index in [1.807, 2.05) is 41.0 Å². The predicted octanol–water partition coefficient (Wildman–Crippen LogP) is 6.50. The number of benzene rings is 3. The number of amides is 1. The Bertz CT molecular complexity index is 1370. The molecule has 0 aliphatic carbocycles. The van der Waals surface area contributed by atoms with Gasteiger partial charge < -0.3 is 24.1 Å². The highest BCUT2D eigenvalue weighted by molar-refractivity contribution is 5.97. The fraction of sp³-hybridized carbons (Fsp3) is 0.333. The zero-order chi connectivity index (χ0) is 28.4. The Kier molecular flexibility index (Phi) is 10.0. The molecule has 1 heterocycles. The summed E-state index contributed by atoms with van der Waals surface area (Å²) in [6.07, 6.45) is -1.93. The molecule has 7 nitrogen and oxygen atoms in total. The minimum atomic E-state index is -4.75. The van der Waals surface area contributed by atoms with Gasteiger partial charge in [-0.2, -0.15) is 0 Å². The Morgan fingerprint density at radius 3 is 2.42 bits per heavy atom. The standard InChI is InChI=1S/C30H32F3N3O4/c1-2-3-17-38-18-7-16-34-29(37)23-12-15-27-26(19-23)35-28(21-39-24-8-5-4-6-9-24)36(27)20-22-10-13-25(14-11-22)40-30(31,32)33/h4-6,8-15,19H,2-3,7,16-18,20-21H2,1H3,(H,34,37). The van der Waals surface area contributed by atoms with Gasteiger partial charge in [-0.05, 0) is 60.9 Å². The highest BCUT2D eigenvalue weighted by Crippen LogP contribution is 2.25. The summed E-state index contributed by atoms with van der Waals surface area (Å²) in [5.74, 6) is 0.791. The molecule has 4 rings (SSSR count). The Morgan fingerprint density at radius 2 is 1.70 bits per heavy atom. The summed E-state index contributed by atoms with van der Waals surface area (Å²) in [4.78, 5) is 17.5. The van der Waals surface area contributed by atoms with Crippen LogP contribution in [0.5, 0.6) is 11.5 Å². The number of rotatable bonds is 14. The van der Waals surface area contributed by atoms with Crippen LogP contribution in [0.25, 0.3) is 11.0 Å². The topological polar surface area (TPSA) is 74.6 Å². The van der Waals surface area contributed by atoms with Crippen molar-refractivity contribution in [3.8, 4) is 11.5 Å². The number of nitrogens with one attached hydrogen (secondary N) is 1. The van der Waals surface area contributed by atoms with E-state index in [1.165, 1.54) is 12.1 Å². The molecule has 1 amide bonds. The van der Waals surface area contributed by atoms with Crippen LogP contribution in [0.2, 0.25) is 0 Å². The lowest BCUT2D eigenvalue weighted by Gasteiger charge is -2.12. The van der Waals surface area contributed by atoms with E-state index in [0.29, 0.717) is 42.4 Å². The van der Waals surface area contributed by atoms with Gasteiger partial charge >= 0.3 is 6.36 Å². The first-order chi connectivity index (χ1) is 19.3. The first-order valence-corrected chi connectivity index (χ1v) is 13.2. The molecule has 10 heteroatoms. The molecule has 0 aliphatic rings. The number of ether oxygens (including phenoxy) is 3. The lowest BCUT2D eigenvalue weighted by Crippen LogP contribution is -2.25. The summed E-state index contributed by atoms with van der Waals surface area (Å²) in [5, 5.41) is 2.91. The summed E-state index contributed by atoms with van der Waals surface area (Å²) < 4.78 is 55.0. The average Bonchev–Trinajstić information content (AvgIpc) is 3.28. The van der Waals surface area contributed by atoms with Gasteiger partial charge in [0, 0.05) is 31.9 Å². The molecule has 3 aromatic carbocycles. The highest BCUT2D eigenvalue weighted by atomic mass is 19.4. The van der Waals surface area contributed by atoms with E-state index in [1.54, 1.807) is 24.3 Å². The molecule has 0 bridgehead atoms. The minimum Gasteiger partial charge on any atom is -0.486 e. The third-order valence-corrected chi connectivity index (χ3v) is 6.09. The third-order valence-electron chi connectivity index (χ3n) is 6.09. The van der Waals surface area contributed by atoms with Gasteiger partial charge in [-0.15, -0.1) is 13.2 Å². The zero-order valence-corrected chi connectivity index (χ0v) is 22.2. The Balaban J connectivity index is 1.50. The first-order valence-electron chi connectivity index (χ1n) is 13.2. The lowest BCUT2D eigenvalue weighted by atomic mass is 10.1. The van der Waals surface area contributed by atoms with Crippen LogP contribution < -0.4 is 14.8 Å². The van der Waals surface area contributed by atoms with Crippen molar-refractivity contribution in [2.45, 2.75) is 45.7 Å². The predicted molar refractivity (Wildman–Crippen MR) is 145 cm³/mol. The SMILES string of the molecule is CCCCOCCCNC(=O)c1ccc2c(c1)nc(COc1ccccc1)n2Cc1ccc(OC(F)(F)F)cc1. The van der Waals surface area contributed by atoms with Crippen molar-refractivity contribution >= 4 is 16.9 Å². The van der Waals surface area contributed by atoms with Crippen molar-refractivity contribution in [2.75, 3.05) is 19.8 Å². The number of halogens is 3. The van der Waals surface area contributed by atoms with Crippen molar-refractivity contribution < 1.29 is 32.2 Å². The summed E-state index contributed by atoms with van der Waals surface area (Å²) in [5.41, 5.74) is 2.60. The van der Waals surface area contributed by atoms with E-state index in [4.69, 9.17) is 14.5 Å². The molecule has 0 atom stereocenters. The Labute approximate surface area is 230 Å². The van der Waals surface area contributed by atoms with Crippen LogP contribution in [0.4, 0.5) is 13.2 Å². The Morgan fingerprint density at radius 1 is 0.950 bits per heavy atom. The van der Waals surface area contributed by atoms with Crippen LogP contribution >= 0.6 is 0 Å². The number of carbonyl (C=O) groups excluding carboxylic acids is 1. The van der Waals surface area contributed by atoms with Gasteiger partial charge in [0.25, 0.3) is 5.91 Å². The maximum Gasteiger partial charge on any atom is 0.573 e. The second-order valence-electron chi connectivity index (χ2n) is 9.19. The van der Waals surface area contributed by atoms with Crippen LogP contribution in [0, 0.1) is 0 Å². The van der Waals surface area contributed by atoms with Crippen molar-refractivity contribution in [1.82, 2.24) is 14.9 Å². The second-order valence-corrected chi connectivity index (χ2v) is 9.19. The normalized spacial score (nSPS) is 11.5. The molecular formula is C30H32F3N3O4. The van der Waals surface area contributed by atoms with Gasteiger partial charge in [-0.3, -0.25) is 4.79 Å².